The van der Waals surface area contributed by atoms with Crippen LogP contribution < -0.4 is 20.8 Å². The van der Waals surface area contributed by atoms with E-state index in [0.29, 0.717) is 27.8 Å². The molecular weight excluding hydrogens is 488 g/mol. The van der Waals surface area contributed by atoms with E-state index in [1.807, 2.05) is 0 Å². The van der Waals surface area contributed by atoms with Crippen LogP contribution in [0, 0.1) is 17.8 Å². The molecular formula is C24H22F2N7O2S+. The predicted molar refractivity (Wildman–Crippen MR) is 132 cm³/mol. The van der Waals surface area contributed by atoms with Crippen molar-refractivity contribution in [3.63, 3.8) is 0 Å². The normalized spacial score (nSPS) is 13.5. The third-order valence-corrected chi connectivity index (χ3v) is 5.91. The Labute approximate surface area is 209 Å². The molecule has 0 aliphatic heterocycles. The number of amides is 1. The van der Waals surface area contributed by atoms with Crippen LogP contribution in [0.2, 0.25) is 0 Å². The van der Waals surface area contributed by atoms with Crippen molar-refractivity contribution in [3.05, 3.63) is 52.7 Å². The maximum Gasteiger partial charge on any atom is 0.280 e. The zero-order valence-electron chi connectivity index (χ0n) is 19.4. The molecule has 4 N–H and O–H groups in total. The molecule has 0 atom stereocenters. The van der Waals surface area contributed by atoms with E-state index in [1.165, 1.54) is 31.8 Å². The van der Waals surface area contributed by atoms with Crippen molar-refractivity contribution in [2.24, 2.45) is 11.7 Å². The number of allylic oxidation sites excluding steroid dienone is 1. The van der Waals surface area contributed by atoms with Crippen LogP contribution in [0.15, 0.2) is 30.7 Å². The van der Waals surface area contributed by atoms with Crippen molar-refractivity contribution in [3.8, 4) is 28.7 Å². The molecule has 12 heteroatoms. The number of halogens is 2. The highest BCUT2D eigenvalue weighted by molar-refractivity contribution is 7.15. The van der Waals surface area contributed by atoms with E-state index in [1.54, 1.807) is 19.3 Å². The van der Waals surface area contributed by atoms with Crippen molar-refractivity contribution in [2.75, 3.05) is 19.5 Å². The summed E-state index contributed by atoms with van der Waals surface area (Å²) in [5, 5.41) is 11.4. The second-order valence-corrected chi connectivity index (χ2v) is 8.67. The Kier molecular flexibility index (Phi) is 7.60. The number of alkyl halides is 2. The fourth-order valence-electron chi connectivity index (χ4n) is 3.21. The molecule has 0 aromatic carbocycles. The maximum absolute atomic E-state index is 13.5. The van der Waals surface area contributed by atoms with Gasteiger partial charge in [-0.1, -0.05) is 17.3 Å². The third kappa shape index (κ3) is 5.69. The molecule has 0 unspecified atom stereocenters. The van der Waals surface area contributed by atoms with E-state index < -0.39 is 18.0 Å². The molecule has 3 aromatic heterocycles. The number of aromatic nitrogens is 4. The lowest BCUT2D eigenvalue weighted by atomic mass is 9.98. The molecule has 184 valence electrons. The zero-order chi connectivity index (χ0) is 25.7. The van der Waals surface area contributed by atoms with Gasteiger partial charge >= 0.3 is 0 Å². The van der Waals surface area contributed by atoms with E-state index in [-0.39, 0.29) is 22.0 Å². The van der Waals surface area contributed by atoms with Gasteiger partial charge in [-0.05, 0) is 30.9 Å². The lowest BCUT2D eigenvalue weighted by molar-refractivity contribution is -0.412. The SMILES string of the molecule is C[NH+]=C/C(=C\N)c1cc(-c2cc(C(F)F)ncc2OC)c(C(=O)Nc2nnc(C#CC3CC3)s2)cn1. The molecule has 3 heterocycles. The van der Waals surface area contributed by atoms with E-state index in [4.69, 9.17) is 10.5 Å². The fraction of sp³-hybridized carbons (Fsp3) is 0.250. The second kappa shape index (κ2) is 11.0. The fourth-order valence-corrected chi connectivity index (χ4v) is 3.81. The van der Waals surface area contributed by atoms with Gasteiger partial charge in [-0.3, -0.25) is 25.1 Å². The van der Waals surface area contributed by atoms with Gasteiger partial charge in [0.15, 0.2) is 11.2 Å². The molecule has 3 aromatic rings. The summed E-state index contributed by atoms with van der Waals surface area (Å²) >= 11 is 1.14. The molecule has 0 saturated heterocycles. The number of carbonyl (C=O) groups is 1. The summed E-state index contributed by atoms with van der Waals surface area (Å²) in [6.07, 6.45) is 4.83. The van der Waals surface area contributed by atoms with E-state index in [0.717, 1.165) is 24.2 Å². The van der Waals surface area contributed by atoms with Crippen molar-refractivity contribution in [1.29, 1.82) is 0 Å². The van der Waals surface area contributed by atoms with Crippen LogP contribution in [0.3, 0.4) is 0 Å². The molecule has 0 spiro atoms. The van der Waals surface area contributed by atoms with E-state index in [9.17, 15) is 13.6 Å². The van der Waals surface area contributed by atoms with Gasteiger partial charge in [-0.15, -0.1) is 10.2 Å². The first-order valence-electron chi connectivity index (χ1n) is 10.8. The largest absolute Gasteiger partial charge is 0.494 e. The van der Waals surface area contributed by atoms with Crippen molar-refractivity contribution in [2.45, 2.75) is 19.3 Å². The number of anilines is 1. The molecule has 36 heavy (non-hydrogen) atoms. The number of hydrogen-bond acceptors (Lipinski definition) is 8. The lowest BCUT2D eigenvalue weighted by Crippen LogP contribution is -2.63. The van der Waals surface area contributed by atoms with Crippen LogP contribution in [-0.2, 0) is 0 Å². The minimum absolute atomic E-state index is 0.102. The van der Waals surface area contributed by atoms with Crippen molar-refractivity contribution in [1.82, 2.24) is 20.2 Å². The Morgan fingerprint density at radius 2 is 2.08 bits per heavy atom. The molecule has 1 saturated carbocycles. The number of carbonyl (C=O) groups excluding carboxylic acids is 1. The zero-order valence-corrected chi connectivity index (χ0v) is 20.2. The Balaban J connectivity index is 1.76. The van der Waals surface area contributed by atoms with Gasteiger partial charge in [0, 0.05) is 29.4 Å². The standard InChI is InChI=1S/C24H21F2N7O2S/c1-28-10-14(9-27)18-7-15(16-8-19(22(25)26)30-12-20(16)35-2)17(11-29-18)23(34)31-24-33-32-21(36-24)6-5-13-3-4-13/h7-13,22H,3-4,27H2,1-2H3,(H,31,33,34)/p+1/b14-9+,28-10?. The van der Waals surface area contributed by atoms with Crippen molar-refractivity contribution < 1.29 is 23.3 Å². The van der Waals surface area contributed by atoms with E-state index in [2.05, 4.69) is 42.3 Å². The highest BCUT2D eigenvalue weighted by atomic mass is 32.1. The number of nitrogens with one attached hydrogen (secondary N) is 2. The van der Waals surface area contributed by atoms with Gasteiger partial charge in [-0.25, -0.2) is 8.78 Å². The smallest absolute Gasteiger partial charge is 0.280 e. The molecule has 1 aliphatic carbocycles. The molecule has 0 bridgehead atoms. The number of hydrogen-bond donors (Lipinski definition) is 3. The molecule has 1 amide bonds. The van der Waals surface area contributed by atoms with Crippen LogP contribution in [0.5, 0.6) is 5.75 Å². The molecule has 4 rings (SSSR count). The third-order valence-electron chi connectivity index (χ3n) is 5.15. The topological polar surface area (TPSA) is 130 Å². The van der Waals surface area contributed by atoms with Crippen molar-refractivity contribution >= 4 is 34.2 Å². The van der Waals surface area contributed by atoms with Gasteiger partial charge < -0.3 is 10.5 Å². The first-order chi connectivity index (χ1) is 17.4. The summed E-state index contributed by atoms with van der Waals surface area (Å²) in [7, 11) is 3.08. The van der Waals surface area contributed by atoms with Gasteiger partial charge in [0.05, 0.1) is 30.1 Å². The summed E-state index contributed by atoms with van der Waals surface area (Å²) in [5.41, 5.74) is 6.84. The lowest BCUT2D eigenvalue weighted by Gasteiger charge is -2.14. The Morgan fingerprint density at radius 3 is 2.75 bits per heavy atom. The quantitative estimate of drug-likeness (QED) is 0.328. The summed E-state index contributed by atoms with van der Waals surface area (Å²) in [6, 6.07) is 2.75. The summed E-state index contributed by atoms with van der Waals surface area (Å²) in [4.78, 5) is 24.2. The number of pyridine rings is 2. The molecule has 9 nitrogen and oxygen atoms in total. The first kappa shape index (κ1) is 24.9. The summed E-state index contributed by atoms with van der Waals surface area (Å²) in [6.45, 7) is 0. The Morgan fingerprint density at radius 1 is 1.28 bits per heavy atom. The minimum Gasteiger partial charge on any atom is -0.494 e. The van der Waals surface area contributed by atoms with Crippen LogP contribution in [0.1, 0.15) is 46.0 Å². The van der Waals surface area contributed by atoms with Crippen LogP contribution in [-0.4, -0.2) is 46.4 Å². The van der Waals surface area contributed by atoms with Gasteiger partial charge in [-0.2, -0.15) is 0 Å². The minimum atomic E-state index is -2.82. The van der Waals surface area contributed by atoms with Crippen LogP contribution >= 0.6 is 11.3 Å². The number of nitrogens with two attached hydrogens (primary N) is 1. The number of methoxy groups -OCH3 is 1. The van der Waals surface area contributed by atoms with Gasteiger partial charge in [0.2, 0.25) is 5.13 Å². The highest BCUT2D eigenvalue weighted by Crippen LogP contribution is 2.36. The monoisotopic (exact) mass is 510 g/mol. The number of ether oxygens (including phenoxy) is 1. The Bertz CT molecular complexity index is 1400. The molecule has 1 fully saturated rings. The van der Waals surface area contributed by atoms with Gasteiger partial charge in [0.1, 0.15) is 18.5 Å². The maximum atomic E-state index is 13.5. The van der Waals surface area contributed by atoms with Gasteiger partial charge in [0.25, 0.3) is 12.3 Å². The molecule has 0 radical (unpaired) electrons. The van der Waals surface area contributed by atoms with E-state index >= 15 is 0 Å². The Hall–Kier alpha value is -4.24. The number of nitrogens with zero attached hydrogens (tertiary/aromatic N) is 4. The van der Waals surface area contributed by atoms with Crippen LogP contribution in [0.25, 0.3) is 16.7 Å². The summed E-state index contributed by atoms with van der Waals surface area (Å²) < 4.78 is 32.3. The molecule has 1 aliphatic rings. The number of rotatable bonds is 7. The second-order valence-electron chi connectivity index (χ2n) is 7.69. The average Bonchev–Trinajstić information content (AvgIpc) is 3.62. The summed E-state index contributed by atoms with van der Waals surface area (Å²) in [5.74, 6) is 6.10. The highest BCUT2D eigenvalue weighted by Gasteiger charge is 2.22. The average molecular weight is 511 g/mol. The first-order valence-corrected chi connectivity index (χ1v) is 11.7. The van der Waals surface area contributed by atoms with Crippen LogP contribution in [0.4, 0.5) is 13.9 Å². The predicted octanol–water partition coefficient (Wildman–Crippen LogP) is 2.04.